The Bertz CT molecular complexity index is 1020. The van der Waals surface area contributed by atoms with Crippen LogP contribution < -0.4 is 15.7 Å². The van der Waals surface area contributed by atoms with Crippen molar-refractivity contribution in [3.8, 4) is 11.8 Å². The highest BCUT2D eigenvalue weighted by molar-refractivity contribution is 5.82. The van der Waals surface area contributed by atoms with E-state index in [2.05, 4.69) is 11.4 Å². The first-order valence-corrected chi connectivity index (χ1v) is 8.86. The summed E-state index contributed by atoms with van der Waals surface area (Å²) < 4.78 is 15.3. The number of esters is 1. The van der Waals surface area contributed by atoms with Crippen molar-refractivity contribution in [2.45, 2.75) is 32.2 Å². The van der Waals surface area contributed by atoms with Gasteiger partial charge in [-0.1, -0.05) is 0 Å². The summed E-state index contributed by atoms with van der Waals surface area (Å²) in [7, 11) is 0. The number of carbonyl (C=O) groups is 2. The number of fused-ring (bicyclic) bond motifs is 1. The highest BCUT2D eigenvalue weighted by Gasteiger charge is 2.43. The average Bonchev–Trinajstić information content (AvgIpc) is 3.50. The minimum atomic E-state index is -0.937. The maximum absolute atomic E-state index is 11.9. The molecule has 1 aliphatic rings. The fourth-order valence-electron chi connectivity index (χ4n) is 2.93. The van der Waals surface area contributed by atoms with E-state index in [9.17, 15) is 19.6 Å². The molecule has 0 bridgehead atoms. The lowest BCUT2D eigenvalue weighted by molar-refractivity contribution is -0.150. The second-order valence-corrected chi connectivity index (χ2v) is 6.99. The van der Waals surface area contributed by atoms with Crippen molar-refractivity contribution >= 4 is 22.8 Å². The van der Waals surface area contributed by atoms with E-state index in [-0.39, 0.29) is 5.92 Å². The van der Waals surface area contributed by atoms with Crippen LogP contribution in [0, 0.1) is 24.2 Å². The lowest BCUT2D eigenvalue weighted by atomic mass is 9.98. The van der Waals surface area contributed by atoms with E-state index >= 15 is 0 Å². The maximum atomic E-state index is 11.9. The van der Waals surface area contributed by atoms with Gasteiger partial charge in [-0.3, -0.25) is 4.79 Å². The van der Waals surface area contributed by atoms with Gasteiger partial charge in [-0.15, -0.1) is 0 Å². The Kier molecular flexibility index (Phi) is 5.36. The van der Waals surface area contributed by atoms with Gasteiger partial charge in [0.2, 0.25) is 0 Å². The van der Waals surface area contributed by atoms with E-state index in [4.69, 9.17) is 13.9 Å². The lowest BCUT2D eigenvalue weighted by Crippen LogP contribution is -2.48. The summed E-state index contributed by atoms with van der Waals surface area (Å²) in [6.45, 7) is 2.56. The molecule has 1 N–H and O–H groups in total. The standard InChI is InChI=1S/C20H20N2O6/c1-12-7-18(24)28-16-8-14(5-6-15(12)16)26-10-19(25)27-9-17(23)22-20(2,11-21)13-3-4-13/h5-8,13H,3-4,9-10H2,1-2H3,(H,22,23)/t20-/m0/s1. The summed E-state index contributed by atoms with van der Waals surface area (Å²) in [5, 5.41) is 12.6. The molecule has 28 heavy (non-hydrogen) atoms. The van der Waals surface area contributed by atoms with Gasteiger partial charge >= 0.3 is 11.6 Å². The smallest absolute Gasteiger partial charge is 0.344 e. The van der Waals surface area contributed by atoms with E-state index in [0.29, 0.717) is 11.3 Å². The predicted molar refractivity (Wildman–Crippen MR) is 98.6 cm³/mol. The van der Waals surface area contributed by atoms with Crippen LogP contribution in [0.4, 0.5) is 0 Å². The molecule has 8 heteroatoms. The third kappa shape index (κ3) is 4.49. The molecule has 146 valence electrons. The van der Waals surface area contributed by atoms with Crippen molar-refractivity contribution in [1.82, 2.24) is 5.32 Å². The topological polar surface area (TPSA) is 119 Å². The van der Waals surface area contributed by atoms with Crippen molar-refractivity contribution < 1.29 is 23.5 Å². The molecule has 0 saturated heterocycles. The Hall–Kier alpha value is -3.34. The average molecular weight is 384 g/mol. The molecule has 1 amide bonds. The molecule has 1 atom stereocenters. The molecule has 0 spiro atoms. The van der Waals surface area contributed by atoms with Crippen LogP contribution in [0.3, 0.4) is 0 Å². The summed E-state index contributed by atoms with van der Waals surface area (Å²) in [6, 6.07) is 8.37. The van der Waals surface area contributed by atoms with Gasteiger partial charge < -0.3 is 19.2 Å². The fourth-order valence-corrected chi connectivity index (χ4v) is 2.93. The summed E-state index contributed by atoms with van der Waals surface area (Å²) in [5.74, 6) is -0.802. The number of aryl methyl sites for hydroxylation is 1. The monoisotopic (exact) mass is 384 g/mol. The van der Waals surface area contributed by atoms with E-state index in [1.54, 1.807) is 26.0 Å². The van der Waals surface area contributed by atoms with Crippen molar-refractivity contribution in [1.29, 1.82) is 5.26 Å². The fraction of sp³-hybridized carbons (Fsp3) is 0.400. The molecule has 2 aromatic rings. The van der Waals surface area contributed by atoms with Crippen LogP contribution in [0.15, 0.2) is 33.5 Å². The zero-order chi connectivity index (χ0) is 20.3. The molecule has 1 aromatic carbocycles. The third-order valence-electron chi connectivity index (χ3n) is 4.67. The Morgan fingerprint density at radius 1 is 1.32 bits per heavy atom. The first-order chi connectivity index (χ1) is 13.3. The first-order valence-electron chi connectivity index (χ1n) is 8.86. The highest BCUT2D eigenvalue weighted by atomic mass is 16.6. The Labute approximate surface area is 161 Å². The largest absolute Gasteiger partial charge is 0.482 e. The maximum Gasteiger partial charge on any atom is 0.344 e. The third-order valence-corrected chi connectivity index (χ3v) is 4.67. The first kappa shape index (κ1) is 19.4. The molecular weight excluding hydrogens is 364 g/mol. The van der Waals surface area contributed by atoms with Gasteiger partial charge in [-0.25, -0.2) is 9.59 Å². The molecule has 1 aromatic heterocycles. The van der Waals surface area contributed by atoms with Crippen molar-refractivity contribution in [2.75, 3.05) is 13.2 Å². The number of hydrogen-bond donors (Lipinski definition) is 1. The van der Waals surface area contributed by atoms with E-state index < -0.39 is 36.3 Å². The van der Waals surface area contributed by atoms with Crippen LogP contribution in [0.25, 0.3) is 11.0 Å². The Balaban J connectivity index is 1.50. The van der Waals surface area contributed by atoms with E-state index in [0.717, 1.165) is 23.8 Å². The summed E-state index contributed by atoms with van der Waals surface area (Å²) in [4.78, 5) is 35.2. The number of rotatable bonds is 7. The summed E-state index contributed by atoms with van der Waals surface area (Å²) in [6.07, 6.45) is 1.78. The second-order valence-electron chi connectivity index (χ2n) is 6.99. The Morgan fingerprint density at radius 2 is 2.07 bits per heavy atom. The normalized spacial score (nSPS) is 15.3. The number of ether oxygens (including phenoxy) is 2. The molecule has 1 saturated carbocycles. The summed E-state index contributed by atoms with van der Waals surface area (Å²) >= 11 is 0. The SMILES string of the molecule is Cc1cc(=O)oc2cc(OCC(=O)OCC(=O)N[C@@](C)(C#N)C3CC3)ccc12. The molecule has 0 aliphatic heterocycles. The second kappa shape index (κ2) is 7.72. The summed E-state index contributed by atoms with van der Waals surface area (Å²) in [5.41, 5.74) is -0.277. The number of nitrogens with zero attached hydrogens (tertiary/aromatic N) is 1. The minimum absolute atomic E-state index is 0.136. The number of nitrogens with one attached hydrogen (secondary N) is 1. The molecule has 0 radical (unpaired) electrons. The molecule has 1 heterocycles. The van der Waals surface area contributed by atoms with Crippen molar-refractivity contribution in [3.05, 3.63) is 40.2 Å². The van der Waals surface area contributed by atoms with Gasteiger partial charge in [-0.05, 0) is 50.3 Å². The molecule has 1 aliphatic carbocycles. The van der Waals surface area contributed by atoms with Crippen LogP contribution in [-0.4, -0.2) is 30.6 Å². The van der Waals surface area contributed by atoms with Gasteiger partial charge in [0.25, 0.3) is 5.91 Å². The zero-order valence-corrected chi connectivity index (χ0v) is 15.6. The molecular formula is C20H20N2O6. The van der Waals surface area contributed by atoms with Gasteiger partial charge in [0.05, 0.1) is 6.07 Å². The number of carbonyl (C=O) groups excluding carboxylic acids is 2. The number of benzene rings is 1. The van der Waals surface area contributed by atoms with Crippen molar-refractivity contribution in [3.63, 3.8) is 0 Å². The van der Waals surface area contributed by atoms with Gasteiger partial charge in [0.1, 0.15) is 16.9 Å². The molecule has 0 unspecified atom stereocenters. The molecule has 8 nitrogen and oxygen atoms in total. The lowest BCUT2D eigenvalue weighted by Gasteiger charge is -2.22. The van der Waals surface area contributed by atoms with E-state index in [1.165, 1.54) is 12.1 Å². The number of hydrogen-bond acceptors (Lipinski definition) is 7. The van der Waals surface area contributed by atoms with Gasteiger partial charge in [0, 0.05) is 17.5 Å². The van der Waals surface area contributed by atoms with Gasteiger partial charge in [0.15, 0.2) is 13.2 Å². The van der Waals surface area contributed by atoms with Crippen LogP contribution in [-0.2, 0) is 14.3 Å². The number of nitriles is 1. The zero-order valence-electron chi connectivity index (χ0n) is 15.6. The van der Waals surface area contributed by atoms with Crippen LogP contribution >= 0.6 is 0 Å². The van der Waals surface area contributed by atoms with Crippen LogP contribution in [0.1, 0.15) is 25.3 Å². The molecule has 3 rings (SSSR count). The quantitative estimate of drug-likeness (QED) is 0.571. The van der Waals surface area contributed by atoms with Gasteiger partial charge in [-0.2, -0.15) is 5.26 Å². The Morgan fingerprint density at radius 3 is 2.75 bits per heavy atom. The molecule has 1 fully saturated rings. The van der Waals surface area contributed by atoms with Crippen LogP contribution in [0.5, 0.6) is 5.75 Å². The minimum Gasteiger partial charge on any atom is -0.482 e. The van der Waals surface area contributed by atoms with Crippen molar-refractivity contribution in [2.24, 2.45) is 5.92 Å². The predicted octanol–water partition coefficient (Wildman–Crippen LogP) is 1.83. The van der Waals surface area contributed by atoms with Crippen LogP contribution in [0.2, 0.25) is 0 Å². The highest BCUT2D eigenvalue weighted by Crippen LogP contribution is 2.39. The number of amides is 1. The van der Waals surface area contributed by atoms with E-state index in [1.807, 2.05) is 0 Å².